The van der Waals surface area contributed by atoms with Crippen LogP contribution in [0.25, 0.3) is 0 Å². The molecule has 1 atom stereocenters. The Hall–Kier alpha value is -0.260. The van der Waals surface area contributed by atoms with Crippen LogP contribution in [0.3, 0.4) is 0 Å². The summed E-state index contributed by atoms with van der Waals surface area (Å²) in [5.74, 6) is 1.34. The van der Waals surface area contributed by atoms with Crippen LogP contribution < -0.4 is 10.2 Å². The Morgan fingerprint density at radius 2 is 2.44 bits per heavy atom. The Morgan fingerprint density at radius 1 is 1.56 bits per heavy atom. The molecule has 2 heterocycles. The van der Waals surface area contributed by atoms with Gasteiger partial charge in [-0.25, -0.2) is 4.98 Å². The van der Waals surface area contributed by atoms with E-state index in [0.717, 1.165) is 23.5 Å². The second-order valence-corrected chi connectivity index (χ2v) is 6.77. The first-order chi connectivity index (χ1) is 7.75. The van der Waals surface area contributed by atoms with Gasteiger partial charge in [0.1, 0.15) is 0 Å². The van der Waals surface area contributed by atoms with Gasteiger partial charge in [0.25, 0.3) is 0 Å². The number of rotatable bonds is 5. The van der Waals surface area contributed by atoms with Crippen LogP contribution in [0.1, 0.15) is 17.7 Å². The topological polar surface area (TPSA) is 28.2 Å². The van der Waals surface area contributed by atoms with Gasteiger partial charge in [-0.3, -0.25) is 0 Å². The zero-order valence-electron chi connectivity index (χ0n) is 9.90. The van der Waals surface area contributed by atoms with Crippen molar-refractivity contribution in [1.29, 1.82) is 0 Å². The van der Waals surface area contributed by atoms with E-state index in [1.165, 1.54) is 23.5 Å². The molecule has 3 nitrogen and oxygen atoms in total. The molecule has 5 heteroatoms. The van der Waals surface area contributed by atoms with E-state index in [2.05, 4.69) is 27.0 Å². The summed E-state index contributed by atoms with van der Waals surface area (Å²) in [5, 5.41) is 5.45. The van der Waals surface area contributed by atoms with Gasteiger partial charge < -0.3 is 10.2 Å². The maximum absolute atomic E-state index is 4.37. The van der Waals surface area contributed by atoms with Crippen LogP contribution in [0, 0.1) is 0 Å². The van der Waals surface area contributed by atoms with Crippen molar-refractivity contribution in [2.24, 2.45) is 0 Å². The molecule has 0 bridgehead atoms. The number of nitrogens with one attached hydrogen (secondary N) is 1. The summed E-state index contributed by atoms with van der Waals surface area (Å²) in [7, 11) is 4.07. The maximum Gasteiger partial charge on any atom is 0.185 e. The molecule has 1 aliphatic rings. The third-order valence-electron chi connectivity index (χ3n) is 2.62. The first kappa shape index (κ1) is 12.2. The molecule has 0 aliphatic carbocycles. The van der Waals surface area contributed by atoms with Crippen LogP contribution in [0.4, 0.5) is 5.13 Å². The van der Waals surface area contributed by atoms with Crippen molar-refractivity contribution in [1.82, 2.24) is 10.3 Å². The van der Waals surface area contributed by atoms with Crippen LogP contribution in [0.5, 0.6) is 0 Å². The average Bonchev–Trinajstić information content (AvgIpc) is 2.87. The Labute approximate surface area is 106 Å². The Kier molecular flexibility index (Phi) is 4.49. The Bertz CT molecular complexity index is 319. The summed E-state index contributed by atoms with van der Waals surface area (Å²) in [6.45, 7) is 2.10. The van der Waals surface area contributed by atoms with Gasteiger partial charge in [-0.1, -0.05) is 0 Å². The quantitative estimate of drug-likeness (QED) is 0.875. The molecule has 1 N–H and O–H groups in total. The summed E-state index contributed by atoms with van der Waals surface area (Å²) in [4.78, 5) is 7.75. The van der Waals surface area contributed by atoms with Crippen molar-refractivity contribution in [3.63, 3.8) is 0 Å². The predicted octanol–water partition coefficient (Wildman–Crippen LogP) is 2.19. The van der Waals surface area contributed by atoms with E-state index in [9.17, 15) is 0 Å². The molecule has 0 aromatic carbocycles. The minimum Gasteiger partial charge on any atom is -0.354 e. The molecular weight excluding hydrogens is 238 g/mol. The van der Waals surface area contributed by atoms with E-state index in [4.69, 9.17) is 0 Å². The third-order valence-corrected chi connectivity index (χ3v) is 5.18. The number of thioether (sulfide) groups is 1. The molecule has 90 valence electrons. The standard InChI is InChI=1S/C11H19N3S2/c1-14(2)11-13-8-10(16-11)7-12-6-9-4-3-5-15-9/h8-9,12H,3-7H2,1-2H3. The highest BCUT2D eigenvalue weighted by molar-refractivity contribution is 8.00. The van der Waals surface area contributed by atoms with Crippen LogP contribution in [-0.4, -0.2) is 36.6 Å². The second-order valence-electron chi connectivity index (χ2n) is 4.27. The number of aromatic nitrogens is 1. The first-order valence-corrected chi connectivity index (χ1v) is 7.56. The van der Waals surface area contributed by atoms with Gasteiger partial charge in [0, 0.05) is 43.5 Å². The minimum atomic E-state index is 0.834. The van der Waals surface area contributed by atoms with Gasteiger partial charge in [0.15, 0.2) is 5.13 Å². The minimum absolute atomic E-state index is 0.834. The molecule has 1 saturated heterocycles. The average molecular weight is 257 g/mol. The number of nitrogens with zero attached hydrogens (tertiary/aromatic N) is 2. The number of anilines is 1. The summed E-state index contributed by atoms with van der Waals surface area (Å²) < 4.78 is 0. The molecule has 1 unspecified atom stereocenters. The van der Waals surface area contributed by atoms with E-state index in [0.29, 0.717) is 0 Å². The maximum atomic E-state index is 4.37. The molecule has 1 aliphatic heterocycles. The normalized spacial score (nSPS) is 20.2. The molecule has 1 fully saturated rings. The zero-order valence-corrected chi connectivity index (χ0v) is 11.5. The lowest BCUT2D eigenvalue weighted by atomic mass is 10.2. The monoisotopic (exact) mass is 257 g/mol. The third kappa shape index (κ3) is 3.37. The van der Waals surface area contributed by atoms with Crippen LogP contribution >= 0.6 is 23.1 Å². The van der Waals surface area contributed by atoms with Gasteiger partial charge >= 0.3 is 0 Å². The van der Waals surface area contributed by atoms with E-state index in [1.807, 2.05) is 20.3 Å². The first-order valence-electron chi connectivity index (χ1n) is 5.70. The van der Waals surface area contributed by atoms with Gasteiger partial charge in [0.05, 0.1) is 0 Å². The van der Waals surface area contributed by atoms with E-state index in [1.54, 1.807) is 11.3 Å². The lowest BCUT2D eigenvalue weighted by Gasteiger charge is -2.08. The van der Waals surface area contributed by atoms with Crippen LogP contribution in [0.15, 0.2) is 6.20 Å². The summed E-state index contributed by atoms with van der Waals surface area (Å²) >= 11 is 3.87. The van der Waals surface area contributed by atoms with Crippen LogP contribution in [-0.2, 0) is 6.54 Å². The smallest absolute Gasteiger partial charge is 0.185 e. The van der Waals surface area contributed by atoms with Crippen molar-refractivity contribution < 1.29 is 0 Å². The van der Waals surface area contributed by atoms with Crippen molar-refractivity contribution >= 4 is 28.2 Å². The van der Waals surface area contributed by atoms with E-state index >= 15 is 0 Å². The molecule has 2 rings (SSSR count). The van der Waals surface area contributed by atoms with E-state index < -0.39 is 0 Å². The molecule has 0 saturated carbocycles. The Morgan fingerprint density at radius 3 is 3.06 bits per heavy atom. The van der Waals surface area contributed by atoms with E-state index in [-0.39, 0.29) is 0 Å². The Balaban J connectivity index is 1.72. The van der Waals surface area contributed by atoms with Gasteiger partial charge in [-0.2, -0.15) is 11.8 Å². The molecule has 0 radical (unpaired) electrons. The van der Waals surface area contributed by atoms with Crippen molar-refractivity contribution in [3.8, 4) is 0 Å². The van der Waals surface area contributed by atoms with Gasteiger partial charge in [-0.05, 0) is 18.6 Å². The molecule has 1 aromatic heterocycles. The highest BCUT2D eigenvalue weighted by Gasteiger charge is 2.14. The highest BCUT2D eigenvalue weighted by Crippen LogP contribution is 2.25. The molecule has 0 amide bonds. The number of hydrogen-bond donors (Lipinski definition) is 1. The lowest BCUT2D eigenvalue weighted by Crippen LogP contribution is -2.22. The lowest BCUT2D eigenvalue weighted by molar-refractivity contribution is 0.650. The predicted molar refractivity (Wildman–Crippen MR) is 73.6 cm³/mol. The molecule has 16 heavy (non-hydrogen) atoms. The fourth-order valence-electron chi connectivity index (χ4n) is 1.75. The highest BCUT2D eigenvalue weighted by atomic mass is 32.2. The summed E-state index contributed by atoms with van der Waals surface area (Å²) in [6, 6.07) is 0. The second kappa shape index (κ2) is 5.89. The number of hydrogen-bond acceptors (Lipinski definition) is 5. The summed E-state index contributed by atoms with van der Waals surface area (Å²) in [5.41, 5.74) is 0. The largest absolute Gasteiger partial charge is 0.354 e. The molecule has 0 spiro atoms. The SMILES string of the molecule is CN(C)c1ncc(CNCC2CCCS2)s1. The fraction of sp³-hybridized carbons (Fsp3) is 0.727. The number of thiazole rings is 1. The van der Waals surface area contributed by atoms with Gasteiger partial charge in [-0.15, -0.1) is 11.3 Å². The zero-order chi connectivity index (χ0) is 11.4. The van der Waals surface area contributed by atoms with Crippen molar-refractivity contribution in [2.45, 2.75) is 24.6 Å². The van der Waals surface area contributed by atoms with Crippen molar-refractivity contribution in [3.05, 3.63) is 11.1 Å². The van der Waals surface area contributed by atoms with Crippen LogP contribution in [0.2, 0.25) is 0 Å². The molecule has 1 aromatic rings. The molecular formula is C11H19N3S2. The van der Waals surface area contributed by atoms with Gasteiger partial charge in [0.2, 0.25) is 0 Å². The summed E-state index contributed by atoms with van der Waals surface area (Å²) in [6.07, 6.45) is 4.75. The fourth-order valence-corrected chi connectivity index (χ4v) is 3.79. The van der Waals surface area contributed by atoms with Crippen molar-refractivity contribution in [2.75, 3.05) is 31.3 Å².